The molecule has 0 radical (unpaired) electrons. The summed E-state index contributed by atoms with van der Waals surface area (Å²) in [4.78, 5) is 11.8. The monoisotopic (exact) mass is 187 g/mol. The summed E-state index contributed by atoms with van der Waals surface area (Å²) >= 11 is 0. The van der Waals surface area contributed by atoms with Crippen molar-refractivity contribution in [1.82, 2.24) is 0 Å². The highest BCUT2D eigenvalue weighted by Gasteiger charge is 2.47. The predicted molar refractivity (Wildman–Crippen MR) is 51.8 cm³/mol. The summed E-state index contributed by atoms with van der Waals surface area (Å²) in [6, 6.07) is 7.73. The minimum Gasteiger partial charge on any atom is -0.500 e. The van der Waals surface area contributed by atoms with E-state index in [1.807, 2.05) is 30.3 Å². The van der Waals surface area contributed by atoms with Crippen LogP contribution in [0.5, 0.6) is 0 Å². The van der Waals surface area contributed by atoms with E-state index >= 15 is 0 Å². The van der Waals surface area contributed by atoms with Crippen molar-refractivity contribution < 1.29 is 9.53 Å². The van der Waals surface area contributed by atoms with E-state index in [0.29, 0.717) is 6.61 Å². The lowest BCUT2D eigenvalue weighted by Gasteiger charge is -2.16. The molecular formula is C11H9NO2. The Morgan fingerprint density at radius 1 is 1.36 bits per heavy atom. The first-order valence-electron chi connectivity index (χ1n) is 4.53. The molecule has 1 amide bonds. The molecule has 0 aliphatic carbocycles. The number of fused-ring (bicyclic) bond motifs is 2. The average molecular weight is 187 g/mol. The van der Waals surface area contributed by atoms with Gasteiger partial charge in [0.05, 0.1) is 6.26 Å². The second-order valence-corrected chi connectivity index (χ2v) is 3.58. The Labute approximate surface area is 81.4 Å². The van der Waals surface area contributed by atoms with Crippen LogP contribution >= 0.6 is 0 Å². The molecule has 70 valence electrons. The fourth-order valence-electron chi connectivity index (χ4n) is 2.04. The van der Waals surface area contributed by atoms with E-state index < -0.39 is 5.41 Å². The highest BCUT2D eigenvalue weighted by Crippen LogP contribution is 2.41. The van der Waals surface area contributed by atoms with E-state index in [2.05, 4.69) is 5.32 Å². The first-order valence-corrected chi connectivity index (χ1v) is 4.53. The summed E-state index contributed by atoms with van der Waals surface area (Å²) in [5.74, 6) is 0.00690. The normalized spacial score (nSPS) is 27.6. The lowest BCUT2D eigenvalue weighted by molar-refractivity contribution is -0.119. The SMILES string of the molecule is O=C1Nc2ccccc2C12C=COC2. The third-order valence-corrected chi connectivity index (χ3v) is 2.82. The summed E-state index contributed by atoms with van der Waals surface area (Å²) in [5, 5.41) is 2.86. The van der Waals surface area contributed by atoms with Crippen molar-refractivity contribution in [3.05, 3.63) is 42.2 Å². The molecule has 3 rings (SSSR count). The summed E-state index contributed by atoms with van der Waals surface area (Å²) in [5.41, 5.74) is 1.34. The van der Waals surface area contributed by atoms with Gasteiger partial charge >= 0.3 is 0 Å². The van der Waals surface area contributed by atoms with Gasteiger partial charge in [-0.3, -0.25) is 4.79 Å². The summed E-state index contributed by atoms with van der Waals surface area (Å²) < 4.78 is 5.17. The van der Waals surface area contributed by atoms with Crippen molar-refractivity contribution in [2.24, 2.45) is 0 Å². The zero-order chi connectivity index (χ0) is 9.60. The molecule has 1 aromatic carbocycles. The first kappa shape index (κ1) is 7.62. The Kier molecular flexibility index (Phi) is 1.29. The van der Waals surface area contributed by atoms with Gasteiger partial charge in [-0.1, -0.05) is 18.2 Å². The molecule has 2 heterocycles. The molecule has 1 atom stereocenters. The number of para-hydroxylation sites is 1. The predicted octanol–water partition coefficient (Wildman–Crippen LogP) is 1.42. The van der Waals surface area contributed by atoms with Gasteiger partial charge in [-0.05, 0) is 17.7 Å². The first-order chi connectivity index (χ1) is 6.83. The van der Waals surface area contributed by atoms with E-state index in [1.54, 1.807) is 6.26 Å². The number of hydrogen-bond acceptors (Lipinski definition) is 2. The van der Waals surface area contributed by atoms with Crippen LogP contribution in [-0.4, -0.2) is 12.5 Å². The van der Waals surface area contributed by atoms with Crippen LogP contribution in [-0.2, 0) is 14.9 Å². The number of carbonyl (C=O) groups excluding carboxylic acids is 1. The summed E-state index contributed by atoms with van der Waals surface area (Å²) in [6.07, 6.45) is 3.43. The zero-order valence-electron chi connectivity index (χ0n) is 7.49. The fraction of sp³-hybridized carbons (Fsp3) is 0.182. The van der Waals surface area contributed by atoms with Gasteiger partial charge in [0.25, 0.3) is 0 Å². The maximum absolute atomic E-state index is 11.8. The number of carbonyl (C=O) groups is 1. The largest absolute Gasteiger partial charge is 0.500 e. The molecule has 3 nitrogen and oxygen atoms in total. The third kappa shape index (κ3) is 0.744. The van der Waals surface area contributed by atoms with Crippen LogP contribution in [0.2, 0.25) is 0 Å². The molecule has 2 aliphatic rings. The van der Waals surface area contributed by atoms with Crippen molar-refractivity contribution >= 4 is 11.6 Å². The Bertz CT molecular complexity index is 439. The maximum atomic E-state index is 11.8. The van der Waals surface area contributed by atoms with E-state index in [4.69, 9.17) is 4.74 Å². The molecule has 14 heavy (non-hydrogen) atoms. The van der Waals surface area contributed by atoms with E-state index in [0.717, 1.165) is 11.3 Å². The van der Waals surface area contributed by atoms with Crippen LogP contribution in [0.15, 0.2) is 36.6 Å². The van der Waals surface area contributed by atoms with Crippen LogP contribution in [0.3, 0.4) is 0 Å². The fourth-order valence-corrected chi connectivity index (χ4v) is 2.04. The molecule has 0 fully saturated rings. The van der Waals surface area contributed by atoms with Crippen LogP contribution in [0.25, 0.3) is 0 Å². The van der Waals surface area contributed by atoms with Crippen LogP contribution in [0.4, 0.5) is 5.69 Å². The Morgan fingerprint density at radius 2 is 2.21 bits per heavy atom. The smallest absolute Gasteiger partial charge is 0.242 e. The zero-order valence-corrected chi connectivity index (χ0v) is 7.49. The number of nitrogens with one attached hydrogen (secondary N) is 1. The third-order valence-electron chi connectivity index (χ3n) is 2.82. The van der Waals surface area contributed by atoms with E-state index in [1.165, 1.54) is 0 Å². The van der Waals surface area contributed by atoms with Crippen LogP contribution in [0.1, 0.15) is 5.56 Å². The van der Waals surface area contributed by atoms with Gasteiger partial charge in [0.15, 0.2) is 0 Å². The lowest BCUT2D eigenvalue weighted by Crippen LogP contribution is -2.33. The van der Waals surface area contributed by atoms with Gasteiger partial charge in [0.1, 0.15) is 12.0 Å². The molecule has 1 aromatic rings. The molecule has 1 spiro atoms. The van der Waals surface area contributed by atoms with E-state index in [-0.39, 0.29) is 5.91 Å². The molecule has 1 unspecified atom stereocenters. The van der Waals surface area contributed by atoms with Gasteiger partial charge < -0.3 is 10.1 Å². The number of anilines is 1. The van der Waals surface area contributed by atoms with Crippen molar-refractivity contribution in [3.8, 4) is 0 Å². The lowest BCUT2D eigenvalue weighted by atomic mass is 9.83. The van der Waals surface area contributed by atoms with Gasteiger partial charge in [-0.2, -0.15) is 0 Å². The maximum Gasteiger partial charge on any atom is 0.242 e. The van der Waals surface area contributed by atoms with Gasteiger partial charge in [-0.15, -0.1) is 0 Å². The highest BCUT2D eigenvalue weighted by atomic mass is 16.5. The summed E-state index contributed by atoms with van der Waals surface area (Å²) in [6.45, 7) is 0.413. The number of rotatable bonds is 0. The topological polar surface area (TPSA) is 38.3 Å². The standard InChI is InChI=1S/C11H9NO2/c13-10-11(5-6-14-7-11)8-3-1-2-4-9(8)12-10/h1-6H,7H2,(H,12,13). The number of amides is 1. The van der Waals surface area contributed by atoms with Crippen molar-refractivity contribution in [3.63, 3.8) is 0 Å². The van der Waals surface area contributed by atoms with E-state index in [9.17, 15) is 4.79 Å². The van der Waals surface area contributed by atoms with Gasteiger partial charge in [-0.25, -0.2) is 0 Å². The summed E-state index contributed by atoms with van der Waals surface area (Å²) in [7, 11) is 0. The van der Waals surface area contributed by atoms with Gasteiger partial charge in [0, 0.05) is 5.69 Å². The number of ether oxygens (including phenoxy) is 1. The van der Waals surface area contributed by atoms with Crippen LogP contribution < -0.4 is 5.32 Å². The quantitative estimate of drug-likeness (QED) is 0.667. The molecule has 0 bridgehead atoms. The minimum atomic E-state index is -0.573. The van der Waals surface area contributed by atoms with Crippen LogP contribution in [0, 0.1) is 0 Å². The minimum absolute atomic E-state index is 0.00690. The average Bonchev–Trinajstić information content (AvgIpc) is 2.77. The molecule has 0 aromatic heterocycles. The van der Waals surface area contributed by atoms with Crippen molar-refractivity contribution in [2.75, 3.05) is 11.9 Å². The molecule has 1 N–H and O–H groups in total. The highest BCUT2D eigenvalue weighted by molar-refractivity contribution is 6.08. The van der Waals surface area contributed by atoms with Crippen molar-refractivity contribution in [2.45, 2.75) is 5.41 Å². The Hall–Kier alpha value is -1.77. The Balaban J connectivity index is 2.24. The molecule has 0 saturated heterocycles. The molecular weight excluding hydrogens is 178 g/mol. The molecule has 0 saturated carbocycles. The molecule has 3 heteroatoms. The van der Waals surface area contributed by atoms with Gasteiger partial charge in [0.2, 0.25) is 5.91 Å². The number of hydrogen-bond donors (Lipinski definition) is 1. The molecule has 2 aliphatic heterocycles. The van der Waals surface area contributed by atoms with Crippen molar-refractivity contribution in [1.29, 1.82) is 0 Å². The second kappa shape index (κ2) is 2.38. The second-order valence-electron chi connectivity index (χ2n) is 3.58. The number of benzene rings is 1. The Morgan fingerprint density at radius 3 is 3.00 bits per heavy atom.